The van der Waals surface area contributed by atoms with E-state index >= 15 is 0 Å². The number of nitrogens with zero attached hydrogens (tertiary/aromatic N) is 4. The topological polar surface area (TPSA) is 71.6 Å². The molecule has 6 rings (SSSR count). The highest BCUT2D eigenvalue weighted by Crippen LogP contribution is 2.32. The lowest BCUT2D eigenvalue weighted by molar-refractivity contribution is -0.138. The average Bonchev–Trinajstić information content (AvgIpc) is 3.52. The van der Waals surface area contributed by atoms with Crippen molar-refractivity contribution in [3.05, 3.63) is 78.5 Å². The van der Waals surface area contributed by atoms with Crippen molar-refractivity contribution in [2.75, 3.05) is 26.2 Å². The second-order valence-electron chi connectivity index (χ2n) is 9.12. The number of benzene rings is 2. The maximum absolute atomic E-state index is 12.9. The van der Waals surface area contributed by atoms with E-state index in [2.05, 4.69) is 0 Å². The molecule has 2 amide bonds. The fraction of sp³-hybridized carbons (Fsp3) is 0.250. The number of furan rings is 1. The summed E-state index contributed by atoms with van der Waals surface area (Å²) in [7, 11) is 0. The van der Waals surface area contributed by atoms with Crippen LogP contribution in [0.5, 0.6) is 0 Å². The number of fused-ring (bicyclic) bond motifs is 1. The van der Waals surface area contributed by atoms with Crippen molar-refractivity contribution in [3.63, 3.8) is 0 Å². The number of para-hydroxylation sites is 2. The Labute approximate surface area is 203 Å². The van der Waals surface area contributed by atoms with Crippen LogP contribution in [0.2, 0.25) is 0 Å². The van der Waals surface area contributed by atoms with Crippen molar-refractivity contribution in [3.8, 4) is 17.1 Å². The highest BCUT2D eigenvalue weighted by atomic mass is 16.3. The van der Waals surface area contributed by atoms with Crippen LogP contribution in [0.3, 0.4) is 0 Å². The molecule has 0 unspecified atom stereocenters. The number of carbonyl (C=O) groups excluding carboxylic acids is 2. The predicted molar refractivity (Wildman–Crippen MR) is 134 cm³/mol. The van der Waals surface area contributed by atoms with Gasteiger partial charge >= 0.3 is 0 Å². The van der Waals surface area contributed by atoms with Gasteiger partial charge in [0.05, 0.1) is 5.69 Å². The largest absolute Gasteiger partial charge is 0.454 e. The zero-order chi connectivity index (χ0) is 23.8. The Kier molecular flexibility index (Phi) is 5.45. The summed E-state index contributed by atoms with van der Waals surface area (Å²) in [6.45, 7) is 2.32. The van der Waals surface area contributed by atoms with Crippen molar-refractivity contribution in [1.82, 2.24) is 19.6 Å². The van der Waals surface area contributed by atoms with Gasteiger partial charge in [-0.05, 0) is 43.2 Å². The van der Waals surface area contributed by atoms with E-state index in [0.29, 0.717) is 37.6 Å². The molecule has 2 aromatic carbocycles. The number of amides is 2. The van der Waals surface area contributed by atoms with E-state index in [0.717, 1.165) is 35.1 Å². The fourth-order valence-corrected chi connectivity index (χ4v) is 4.51. The van der Waals surface area contributed by atoms with Gasteiger partial charge in [-0.25, -0.2) is 4.68 Å². The molecule has 1 saturated carbocycles. The summed E-state index contributed by atoms with van der Waals surface area (Å²) in [4.78, 5) is 28.9. The molecule has 2 aliphatic rings. The molecule has 0 N–H and O–H groups in total. The third-order valence-electron chi connectivity index (χ3n) is 6.66. The molecule has 0 atom stereocenters. The zero-order valence-corrected chi connectivity index (χ0v) is 19.3. The van der Waals surface area contributed by atoms with Gasteiger partial charge in [-0.3, -0.25) is 9.59 Å². The predicted octanol–water partition coefficient (Wildman–Crippen LogP) is 4.38. The Morgan fingerprint density at radius 3 is 2.37 bits per heavy atom. The first-order chi connectivity index (χ1) is 17.2. The second kappa shape index (κ2) is 8.91. The number of aromatic nitrogens is 2. The first-order valence-electron chi connectivity index (χ1n) is 12.1. The normalized spacial score (nSPS) is 16.3. The van der Waals surface area contributed by atoms with Gasteiger partial charge in [0.15, 0.2) is 5.76 Å². The van der Waals surface area contributed by atoms with Gasteiger partial charge in [0, 0.05) is 55.3 Å². The van der Waals surface area contributed by atoms with E-state index in [-0.39, 0.29) is 17.7 Å². The standard InChI is InChI=1S/C28H26N4O3/c33-26(30-14-16-31(17-15-30)28(34)20-10-11-20)13-12-22-19-32(23-7-2-1-3-8-23)29-27(22)25-18-21-6-4-5-9-24(21)35-25/h1-9,12-13,18-20H,10-11,14-17H2/b13-12+. The van der Waals surface area contributed by atoms with Gasteiger partial charge in [0.25, 0.3) is 0 Å². The molecule has 4 aromatic rings. The molecule has 35 heavy (non-hydrogen) atoms. The van der Waals surface area contributed by atoms with Crippen LogP contribution >= 0.6 is 0 Å². The Morgan fingerprint density at radius 1 is 0.914 bits per heavy atom. The van der Waals surface area contributed by atoms with E-state index in [9.17, 15) is 9.59 Å². The third kappa shape index (κ3) is 4.37. The minimum Gasteiger partial charge on any atom is -0.454 e. The quantitative estimate of drug-likeness (QED) is 0.409. The molecule has 2 aromatic heterocycles. The van der Waals surface area contributed by atoms with Gasteiger partial charge < -0.3 is 14.2 Å². The Balaban J connectivity index is 1.25. The van der Waals surface area contributed by atoms with Crippen molar-refractivity contribution in [2.45, 2.75) is 12.8 Å². The number of hydrogen-bond acceptors (Lipinski definition) is 4. The smallest absolute Gasteiger partial charge is 0.246 e. The van der Waals surface area contributed by atoms with Crippen molar-refractivity contribution >= 4 is 28.9 Å². The Hall–Kier alpha value is -4.13. The number of hydrogen-bond donors (Lipinski definition) is 0. The molecular formula is C28H26N4O3. The summed E-state index contributed by atoms with van der Waals surface area (Å²) in [5.41, 5.74) is 3.19. The number of piperazine rings is 1. The highest BCUT2D eigenvalue weighted by molar-refractivity contribution is 5.93. The minimum atomic E-state index is -0.0634. The molecule has 7 nitrogen and oxygen atoms in total. The lowest BCUT2D eigenvalue weighted by atomic mass is 10.1. The number of rotatable bonds is 5. The van der Waals surface area contributed by atoms with E-state index in [1.807, 2.05) is 71.8 Å². The first kappa shape index (κ1) is 21.4. The minimum absolute atomic E-state index is 0.0634. The van der Waals surface area contributed by atoms with E-state index in [1.54, 1.807) is 21.7 Å². The van der Waals surface area contributed by atoms with Crippen LogP contribution in [-0.4, -0.2) is 57.6 Å². The van der Waals surface area contributed by atoms with Gasteiger partial charge in [0.1, 0.15) is 11.3 Å². The van der Waals surface area contributed by atoms with Crippen molar-refractivity contribution < 1.29 is 14.0 Å². The maximum Gasteiger partial charge on any atom is 0.246 e. The molecule has 1 aliphatic carbocycles. The van der Waals surface area contributed by atoms with Gasteiger partial charge in [-0.1, -0.05) is 36.4 Å². The van der Waals surface area contributed by atoms with Crippen molar-refractivity contribution in [2.24, 2.45) is 5.92 Å². The Bertz CT molecular complexity index is 1370. The molecule has 7 heteroatoms. The van der Waals surface area contributed by atoms with Gasteiger partial charge in [-0.15, -0.1) is 0 Å². The number of carbonyl (C=O) groups is 2. The molecule has 0 radical (unpaired) electrons. The summed E-state index contributed by atoms with van der Waals surface area (Å²) < 4.78 is 7.88. The zero-order valence-electron chi connectivity index (χ0n) is 19.3. The van der Waals surface area contributed by atoms with Crippen molar-refractivity contribution in [1.29, 1.82) is 0 Å². The molecular weight excluding hydrogens is 440 g/mol. The lowest BCUT2D eigenvalue weighted by Crippen LogP contribution is -2.50. The molecule has 2 fully saturated rings. The van der Waals surface area contributed by atoms with Crippen LogP contribution < -0.4 is 0 Å². The summed E-state index contributed by atoms with van der Waals surface area (Å²) in [6, 6.07) is 19.7. The van der Waals surface area contributed by atoms with Crippen LogP contribution in [0.1, 0.15) is 18.4 Å². The Morgan fingerprint density at radius 2 is 1.63 bits per heavy atom. The summed E-state index contributed by atoms with van der Waals surface area (Å²) in [6.07, 6.45) is 7.32. The summed E-state index contributed by atoms with van der Waals surface area (Å²) >= 11 is 0. The van der Waals surface area contributed by atoms with E-state index in [1.165, 1.54) is 0 Å². The van der Waals surface area contributed by atoms with E-state index in [4.69, 9.17) is 9.52 Å². The van der Waals surface area contributed by atoms with Crippen LogP contribution in [0.4, 0.5) is 0 Å². The maximum atomic E-state index is 12.9. The van der Waals surface area contributed by atoms with Crippen LogP contribution in [0.15, 0.2) is 77.4 Å². The summed E-state index contributed by atoms with van der Waals surface area (Å²) in [5.74, 6) is 1.05. The fourth-order valence-electron chi connectivity index (χ4n) is 4.51. The van der Waals surface area contributed by atoms with Gasteiger partial charge in [-0.2, -0.15) is 5.10 Å². The third-order valence-corrected chi connectivity index (χ3v) is 6.66. The molecule has 1 aliphatic heterocycles. The summed E-state index contributed by atoms with van der Waals surface area (Å²) in [5, 5.41) is 5.79. The molecule has 3 heterocycles. The monoisotopic (exact) mass is 466 g/mol. The first-order valence-corrected chi connectivity index (χ1v) is 12.1. The SMILES string of the molecule is O=C(/C=C/c1cn(-c2ccccc2)nc1-c1cc2ccccc2o1)N1CCN(C(=O)C2CC2)CC1. The molecule has 0 spiro atoms. The van der Waals surface area contributed by atoms with Crippen LogP contribution in [-0.2, 0) is 9.59 Å². The molecule has 1 saturated heterocycles. The van der Waals surface area contributed by atoms with Gasteiger partial charge in [0.2, 0.25) is 11.8 Å². The molecule has 0 bridgehead atoms. The average molecular weight is 467 g/mol. The lowest BCUT2D eigenvalue weighted by Gasteiger charge is -2.34. The second-order valence-corrected chi connectivity index (χ2v) is 9.12. The highest BCUT2D eigenvalue weighted by Gasteiger charge is 2.35. The van der Waals surface area contributed by atoms with Crippen LogP contribution in [0.25, 0.3) is 34.2 Å². The van der Waals surface area contributed by atoms with Crippen LogP contribution in [0, 0.1) is 5.92 Å². The van der Waals surface area contributed by atoms with E-state index < -0.39 is 0 Å². The molecule has 176 valence electrons.